The number of hydrogen-bond donors (Lipinski definition) is 1. The van der Waals surface area contributed by atoms with Crippen molar-refractivity contribution in [2.24, 2.45) is 12.0 Å². The van der Waals surface area contributed by atoms with Gasteiger partial charge in [-0.3, -0.25) is 4.99 Å². The molecule has 0 saturated carbocycles. The molecule has 1 N–H and O–H groups in total. The first-order valence-corrected chi connectivity index (χ1v) is 11.5. The van der Waals surface area contributed by atoms with Crippen molar-refractivity contribution in [1.29, 1.82) is 0 Å². The molecule has 1 aromatic heterocycles. The third-order valence-electron chi connectivity index (χ3n) is 5.35. The van der Waals surface area contributed by atoms with Crippen LogP contribution < -0.4 is 5.32 Å². The Morgan fingerprint density at radius 2 is 1.80 bits per heavy atom. The molecule has 0 spiro atoms. The smallest absolute Gasteiger partial charge is 0.243 e. The quantitative estimate of drug-likeness (QED) is 0.344. The van der Waals surface area contributed by atoms with Crippen molar-refractivity contribution in [1.82, 2.24) is 19.1 Å². The molecule has 0 aliphatic carbocycles. The van der Waals surface area contributed by atoms with E-state index in [9.17, 15) is 8.42 Å². The summed E-state index contributed by atoms with van der Waals surface area (Å²) < 4.78 is 29.2. The van der Waals surface area contributed by atoms with E-state index in [-0.39, 0.29) is 24.0 Å². The average molecular weight is 545 g/mol. The molecule has 1 aliphatic heterocycles. The number of benzene rings is 1. The summed E-state index contributed by atoms with van der Waals surface area (Å²) in [5, 5.41) is 3.35. The second kappa shape index (κ2) is 11.1. The zero-order valence-electron chi connectivity index (χ0n) is 17.9. The first-order valence-electron chi connectivity index (χ1n) is 10.0. The largest absolute Gasteiger partial charge is 0.353 e. The van der Waals surface area contributed by atoms with Crippen LogP contribution in [0.2, 0.25) is 0 Å². The van der Waals surface area contributed by atoms with Crippen LogP contribution in [0.1, 0.15) is 30.5 Å². The second-order valence-electron chi connectivity index (χ2n) is 7.48. The van der Waals surface area contributed by atoms with Gasteiger partial charge in [-0.15, -0.1) is 24.0 Å². The summed E-state index contributed by atoms with van der Waals surface area (Å²) in [5.74, 6) is 0.788. The van der Waals surface area contributed by atoms with Crippen LogP contribution >= 0.6 is 24.0 Å². The van der Waals surface area contributed by atoms with E-state index >= 15 is 0 Å². The van der Waals surface area contributed by atoms with E-state index in [0.29, 0.717) is 24.5 Å². The lowest BCUT2D eigenvalue weighted by atomic mass is 10.2. The third kappa shape index (κ3) is 5.98. The number of nitrogens with zero attached hydrogens (tertiary/aromatic N) is 4. The Hall–Kier alpha value is -1.59. The predicted octanol–water partition coefficient (Wildman–Crippen LogP) is 3.03. The van der Waals surface area contributed by atoms with Crippen molar-refractivity contribution >= 4 is 40.0 Å². The molecule has 7 nitrogen and oxygen atoms in total. The van der Waals surface area contributed by atoms with E-state index < -0.39 is 10.0 Å². The lowest BCUT2D eigenvalue weighted by molar-refractivity contribution is 0.346. The first-order chi connectivity index (χ1) is 13.9. The fourth-order valence-electron chi connectivity index (χ4n) is 3.58. The minimum atomic E-state index is -3.38. The maximum Gasteiger partial charge on any atom is 0.243 e. The number of rotatable bonds is 6. The SMILES string of the molecule is CN=C(NCc1ccc(S(=O)(=O)N2CCCCC2)cc1)N(C)Cc1cccn1C.I. The Morgan fingerprint density at radius 3 is 2.37 bits per heavy atom. The molecule has 0 amide bonds. The summed E-state index contributed by atoms with van der Waals surface area (Å²) >= 11 is 0. The number of aliphatic imine (C=N–C) groups is 1. The fraction of sp³-hybridized carbons (Fsp3) is 0.476. The van der Waals surface area contributed by atoms with Gasteiger partial charge in [0, 0.05) is 52.7 Å². The van der Waals surface area contributed by atoms with Crippen molar-refractivity contribution in [3.63, 3.8) is 0 Å². The molecule has 1 aliphatic rings. The minimum absolute atomic E-state index is 0. The summed E-state index contributed by atoms with van der Waals surface area (Å²) in [4.78, 5) is 6.78. The highest BCUT2D eigenvalue weighted by Gasteiger charge is 2.25. The van der Waals surface area contributed by atoms with Gasteiger partial charge in [0.15, 0.2) is 5.96 Å². The average Bonchev–Trinajstić information content (AvgIpc) is 3.14. The number of aryl methyl sites for hydroxylation is 1. The van der Waals surface area contributed by atoms with Gasteiger partial charge < -0.3 is 14.8 Å². The van der Waals surface area contributed by atoms with E-state index in [0.717, 1.165) is 37.3 Å². The molecule has 166 valence electrons. The van der Waals surface area contributed by atoms with Gasteiger partial charge in [0.05, 0.1) is 11.4 Å². The van der Waals surface area contributed by atoms with Gasteiger partial charge in [0.25, 0.3) is 0 Å². The van der Waals surface area contributed by atoms with E-state index in [1.54, 1.807) is 23.5 Å². The zero-order valence-corrected chi connectivity index (χ0v) is 21.1. The predicted molar refractivity (Wildman–Crippen MR) is 132 cm³/mol. The summed E-state index contributed by atoms with van der Waals surface area (Å²) in [5.41, 5.74) is 2.21. The summed E-state index contributed by atoms with van der Waals surface area (Å²) in [6.07, 6.45) is 5.02. The highest BCUT2D eigenvalue weighted by atomic mass is 127. The maximum atomic E-state index is 12.8. The van der Waals surface area contributed by atoms with Crippen molar-refractivity contribution < 1.29 is 8.42 Å². The number of guanidine groups is 1. The van der Waals surface area contributed by atoms with Crippen molar-refractivity contribution in [3.05, 3.63) is 53.9 Å². The molecule has 0 bridgehead atoms. The molecular formula is C21H32IN5O2S. The summed E-state index contributed by atoms with van der Waals surface area (Å²) in [6.45, 7) is 2.56. The molecule has 1 aromatic carbocycles. The van der Waals surface area contributed by atoms with Crippen molar-refractivity contribution in [2.75, 3.05) is 27.2 Å². The molecule has 1 fully saturated rings. The molecule has 2 aromatic rings. The topological polar surface area (TPSA) is 69.9 Å². The van der Waals surface area contributed by atoms with Crippen LogP contribution in [-0.2, 0) is 30.2 Å². The maximum absolute atomic E-state index is 12.8. The van der Waals surface area contributed by atoms with Crippen LogP contribution in [0.4, 0.5) is 0 Å². The van der Waals surface area contributed by atoms with Gasteiger partial charge in [-0.2, -0.15) is 4.31 Å². The monoisotopic (exact) mass is 545 g/mol. The molecule has 0 unspecified atom stereocenters. The molecule has 2 heterocycles. The lowest BCUT2D eigenvalue weighted by Crippen LogP contribution is -2.38. The van der Waals surface area contributed by atoms with Gasteiger partial charge in [-0.25, -0.2) is 8.42 Å². The van der Waals surface area contributed by atoms with Crippen LogP contribution in [-0.4, -0.2) is 55.3 Å². The summed E-state index contributed by atoms with van der Waals surface area (Å²) in [6, 6.07) is 11.3. The van der Waals surface area contributed by atoms with Gasteiger partial charge >= 0.3 is 0 Å². The first kappa shape index (κ1) is 24.7. The van der Waals surface area contributed by atoms with Crippen molar-refractivity contribution in [3.8, 4) is 0 Å². The molecule has 3 rings (SSSR count). The number of aromatic nitrogens is 1. The van der Waals surface area contributed by atoms with E-state index in [1.807, 2.05) is 38.5 Å². The summed E-state index contributed by atoms with van der Waals surface area (Å²) in [7, 11) is 2.40. The Kier molecular flexibility index (Phi) is 9.17. The number of sulfonamides is 1. The van der Waals surface area contributed by atoms with Gasteiger partial charge in [0.1, 0.15) is 0 Å². The van der Waals surface area contributed by atoms with Crippen molar-refractivity contribution in [2.45, 2.75) is 37.2 Å². The molecular weight excluding hydrogens is 513 g/mol. The van der Waals surface area contributed by atoms with Gasteiger partial charge in [-0.05, 0) is 42.7 Å². The van der Waals surface area contributed by atoms with E-state index in [4.69, 9.17) is 0 Å². The number of hydrogen-bond acceptors (Lipinski definition) is 3. The molecule has 9 heteroatoms. The van der Waals surface area contributed by atoms with Crippen LogP contribution in [0, 0.1) is 0 Å². The molecule has 1 saturated heterocycles. The van der Waals surface area contributed by atoms with Gasteiger partial charge in [0.2, 0.25) is 10.0 Å². The Morgan fingerprint density at radius 1 is 1.13 bits per heavy atom. The molecule has 30 heavy (non-hydrogen) atoms. The minimum Gasteiger partial charge on any atom is -0.353 e. The van der Waals surface area contributed by atoms with Crippen LogP contribution in [0.15, 0.2) is 52.5 Å². The molecule has 0 atom stereocenters. The lowest BCUT2D eigenvalue weighted by Gasteiger charge is -2.26. The van der Waals surface area contributed by atoms with Crippen LogP contribution in [0.3, 0.4) is 0 Å². The van der Waals surface area contributed by atoms with Gasteiger partial charge in [-0.1, -0.05) is 18.6 Å². The standard InChI is InChI=1S/C21H31N5O2S.HI/c1-22-21(25(3)17-19-8-7-13-24(19)2)23-16-18-9-11-20(12-10-18)29(27,28)26-14-5-4-6-15-26;/h7-13H,4-6,14-17H2,1-3H3,(H,22,23);1H. The van der Waals surface area contributed by atoms with Crippen LogP contribution in [0.25, 0.3) is 0 Å². The normalized spacial score (nSPS) is 15.5. The fourth-order valence-corrected chi connectivity index (χ4v) is 5.10. The third-order valence-corrected chi connectivity index (χ3v) is 7.26. The van der Waals surface area contributed by atoms with E-state index in [2.05, 4.69) is 25.8 Å². The number of piperidine rings is 1. The molecule has 0 radical (unpaired) electrons. The second-order valence-corrected chi connectivity index (χ2v) is 9.41. The number of halogens is 1. The Balaban J connectivity index is 0.00000320. The number of nitrogens with one attached hydrogen (secondary N) is 1. The highest BCUT2D eigenvalue weighted by Crippen LogP contribution is 2.20. The van der Waals surface area contributed by atoms with E-state index in [1.165, 1.54) is 5.69 Å². The Bertz CT molecular complexity index is 935. The zero-order chi connectivity index (χ0) is 20.9. The highest BCUT2D eigenvalue weighted by molar-refractivity contribution is 14.0. The van der Waals surface area contributed by atoms with Crippen LogP contribution in [0.5, 0.6) is 0 Å². The Labute approximate surface area is 197 Å².